The Morgan fingerprint density at radius 1 is 0.871 bits per heavy atom. The highest BCUT2D eigenvalue weighted by Gasteiger charge is 2.25. The first kappa shape index (κ1) is 21.1. The molecule has 1 fully saturated rings. The molecule has 0 atom stereocenters. The van der Waals surface area contributed by atoms with Crippen LogP contribution in [0.5, 0.6) is 11.5 Å². The number of amides is 1. The van der Waals surface area contributed by atoms with Gasteiger partial charge in [0.25, 0.3) is 5.91 Å². The van der Waals surface area contributed by atoms with Crippen molar-refractivity contribution in [3.05, 3.63) is 88.9 Å². The number of methoxy groups -OCH3 is 1. The quantitative estimate of drug-likeness (QED) is 0.551. The second-order valence-electron chi connectivity index (χ2n) is 7.33. The van der Waals surface area contributed by atoms with E-state index in [1.165, 1.54) is 0 Å². The summed E-state index contributed by atoms with van der Waals surface area (Å²) in [7, 11) is 1.68. The second kappa shape index (κ2) is 9.75. The number of carbonyl (C=O) groups is 1. The Morgan fingerprint density at radius 3 is 2.26 bits per heavy atom. The van der Waals surface area contributed by atoms with E-state index in [9.17, 15) is 4.79 Å². The number of rotatable bonds is 6. The molecule has 0 N–H and O–H groups in total. The number of para-hydroxylation sites is 3. The number of ether oxygens (including phenoxy) is 2. The van der Waals surface area contributed by atoms with E-state index in [1.807, 2.05) is 77.7 Å². The Balaban J connectivity index is 1.43. The van der Waals surface area contributed by atoms with Gasteiger partial charge >= 0.3 is 0 Å². The molecule has 31 heavy (non-hydrogen) atoms. The lowest BCUT2D eigenvalue weighted by Gasteiger charge is -2.36. The number of halogens is 1. The van der Waals surface area contributed by atoms with Gasteiger partial charge in [-0.25, -0.2) is 0 Å². The van der Waals surface area contributed by atoms with Crippen molar-refractivity contribution in [1.29, 1.82) is 0 Å². The van der Waals surface area contributed by atoms with Gasteiger partial charge in [0.1, 0.15) is 18.1 Å². The smallest absolute Gasteiger partial charge is 0.257 e. The molecule has 160 valence electrons. The molecule has 0 bridgehead atoms. The van der Waals surface area contributed by atoms with Crippen molar-refractivity contribution in [1.82, 2.24) is 4.90 Å². The van der Waals surface area contributed by atoms with Crippen molar-refractivity contribution in [2.45, 2.75) is 6.61 Å². The molecule has 5 nitrogen and oxygen atoms in total. The summed E-state index contributed by atoms with van der Waals surface area (Å²) in [5.41, 5.74) is 2.51. The minimum Gasteiger partial charge on any atom is -0.495 e. The Hall–Kier alpha value is -3.18. The van der Waals surface area contributed by atoms with E-state index in [2.05, 4.69) is 4.90 Å². The van der Waals surface area contributed by atoms with Crippen LogP contribution in [0.3, 0.4) is 0 Å². The summed E-state index contributed by atoms with van der Waals surface area (Å²) in [6.07, 6.45) is 0. The molecule has 3 aromatic rings. The number of benzene rings is 3. The third-order valence-electron chi connectivity index (χ3n) is 5.45. The maximum Gasteiger partial charge on any atom is 0.257 e. The molecule has 4 rings (SSSR count). The van der Waals surface area contributed by atoms with Crippen LogP contribution in [0.4, 0.5) is 5.69 Å². The molecule has 1 amide bonds. The van der Waals surface area contributed by atoms with Crippen LogP contribution in [-0.4, -0.2) is 44.1 Å². The van der Waals surface area contributed by atoms with Crippen molar-refractivity contribution in [2.75, 3.05) is 38.2 Å². The van der Waals surface area contributed by atoms with Gasteiger partial charge in [-0.3, -0.25) is 4.79 Å². The summed E-state index contributed by atoms with van der Waals surface area (Å²) in [6.45, 7) is 3.07. The molecular formula is C25H25ClN2O3. The predicted octanol–water partition coefficient (Wildman–Crippen LogP) is 4.89. The Kier molecular flexibility index (Phi) is 6.63. The maximum absolute atomic E-state index is 13.2. The third-order valence-corrected chi connectivity index (χ3v) is 5.82. The zero-order valence-corrected chi connectivity index (χ0v) is 18.2. The first-order chi connectivity index (χ1) is 15.2. The molecule has 1 aliphatic heterocycles. The highest BCUT2D eigenvalue weighted by atomic mass is 35.5. The molecule has 6 heteroatoms. The SMILES string of the molecule is COc1ccccc1N1CCN(C(=O)c2ccccc2OCc2ccccc2Cl)CC1. The van der Waals surface area contributed by atoms with Crippen molar-refractivity contribution >= 4 is 23.2 Å². The average Bonchev–Trinajstić information content (AvgIpc) is 2.83. The number of piperazine rings is 1. The molecule has 3 aromatic carbocycles. The van der Waals surface area contributed by atoms with E-state index in [-0.39, 0.29) is 5.91 Å². The molecule has 0 spiro atoms. The average molecular weight is 437 g/mol. The fraction of sp³-hybridized carbons (Fsp3) is 0.240. The molecule has 1 heterocycles. The van der Waals surface area contributed by atoms with E-state index < -0.39 is 0 Å². The van der Waals surface area contributed by atoms with E-state index in [1.54, 1.807) is 7.11 Å². The molecule has 0 aromatic heterocycles. The van der Waals surface area contributed by atoms with E-state index >= 15 is 0 Å². The summed E-state index contributed by atoms with van der Waals surface area (Å²) < 4.78 is 11.5. The summed E-state index contributed by atoms with van der Waals surface area (Å²) >= 11 is 6.23. The van der Waals surface area contributed by atoms with Gasteiger partial charge in [-0.2, -0.15) is 0 Å². The van der Waals surface area contributed by atoms with Gasteiger partial charge < -0.3 is 19.3 Å². The predicted molar refractivity (Wildman–Crippen MR) is 123 cm³/mol. The topological polar surface area (TPSA) is 42.0 Å². The van der Waals surface area contributed by atoms with E-state index in [4.69, 9.17) is 21.1 Å². The number of hydrogen-bond acceptors (Lipinski definition) is 4. The van der Waals surface area contributed by atoms with E-state index in [0.717, 1.165) is 30.1 Å². The Morgan fingerprint density at radius 2 is 1.52 bits per heavy atom. The summed E-state index contributed by atoms with van der Waals surface area (Å²) in [5.74, 6) is 1.40. The van der Waals surface area contributed by atoms with Crippen LogP contribution in [0, 0.1) is 0 Å². The number of nitrogens with zero attached hydrogens (tertiary/aromatic N) is 2. The van der Waals surface area contributed by atoms with Crippen LogP contribution in [0.2, 0.25) is 5.02 Å². The Labute approximate surface area is 187 Å². The van der Waals surface area contributed by atoms with Gasteiger partial charge in [0.15, 0.2) is 0 Å². The largest absolute Gasteiger partial charge is 0.495 e. The number of anilines is 1. The molecule has 0 radical (unpaired) electrons. The molecule has 1 saturated heterocycles. The highest BCUT2D eigenvalue weighted by molar-refractivity contribution is 6.31. The van der Waals surface area contributed by atoms with Gasteiger partial charge in [-0.05, 0) is 30.3 Å². The maximum atomic E-state index is 13.2. The molecule has 0 saturated carbocycles. The lowest BCUT2D eigenvalue weighted by atomic mass is 10.1. The zero-order chi connectivity index (χ0) is 21.6. The Bertz CT molecular complexity index is 1050. The summed E-state index contributed by atoms with van der Waals surface area (Å²) in [5, 5.41) is 0.652. The van der Waals surface area contributed by atoms with Crippen LogP contribution in [0.25, 0.3) is 0 Å². The fourth-order valence-electron chi connectivity index (χ4n) is 3.75. The van der Waals surface area contributed by atoms with Crippen LogP contribution in [0.1, 0.15) is 15.9 Å². The first-order valence-electron chi connectivity index (χ1n) is 10.3. The lowest BCUT2D eigenvalue weighted by Crippen LogP contribution is -2.49. The fourth-order valence-corrected chi connectivity index (χ4v) is 3.94. The van der Waals surface area contributed by atoms with Gasteiger partial charge in [0, 0.05) is 36.8 Å². The van der Waals surface area contributed by atoms with Gasteiger partial charge in [-0.1, -0.05) is 54.1 Å². The van der Waals surface area contributed by atoms with Crippen LogP contribution < -0.4 is 14.4 Å². The van der Waals surface area contributed by atoms with Crippen molar-refractivity contribution < 1.29 is 14.3 Å². The second-order valence-corrected chi connectivity index (χ2v) is 7.73. The molecule has 1 aliphatic rings. The van der Waals surface area contributed by atoms with Crippen LogP contribution in [-0.2, 0) is 6.61 Å². The van der Waals surface area contributed by atoms with Crippen molar-refractivity contribution in [3.8, 4) is 11.5 Å². The van der Waals surface area contributed by atoms with Crippen LogP contribution >= 0.6 is 11.6 Å². The highest BCUT2D eigenvalue weighted by Crippen LogP contribution is 2.29. The monoisotopic (exact) mass is 436 g/mol. The van der Waals surface area contributed by atoms with E-state index in [0.29, 0.717) is 36.0 Å². The van der Waals surface area contributed by atoms with Gasteiger partial charge in [-0.15, -0.1) is 0 Å². The normalized spacial score (nSPS) is 13.7. The van der Waals surface area contributed by atoms with Crippen LogP contribution in [0.15, 0.2) is 72.8 Å². The minimum absolute atomic E-state index is 0.0190. The van der Waals surface area contributed by atoms with Crippen molar-refractivity contribution in [2.24, 2.45) is 0 Å². The van der Waals surface area contributed by atoms with Gasteiger partial charge in [0.2, 0.25) is 0 Å². The summed E-state index contributed by atoms with van der Waals surface area (Å²) in [6, 6.07) is 22.9. The van der Waals surface area contributed by atoms with Gasteiger partial charge in [0.05, 0.1) is 18.4 Å². The minimum atomic E-state index is -0.0190. The summed E-state index contributed by atoms with van der Waals surface area (Å²) in [4.78, 5) is 17.4. The standard InChI is InChI=1S/C25H25ClN2O3/c1-30-24-13-7-5-11-22(24)27-14-16-28(17-15-27)25(29)20-9-3-6-12-23(20)31-18-19-8-2-4-10-21(19)26/h2-13H,14-18H2,1H3. The van der Waals surface area contributed by atoms with Crippen molar-refractivity contribution in [3.63, 3.8) is 0 Å². The number of hydrogen-bond donors (Lipinski definition) is 0. The first-order valence-corrected chi connectivity index (χ1v) is 10.7. The number of carbonyl (C=O) groups excluding carboxylic acids is 1. The third kappa shape index (κ3) is 4.78. The zero-order valence-electron chi connectivity index (χ0n) is 17.5. The molecule has 0 unspecified atom stereocenters. The lowest BCUT2D eigenvalue weighted by molar-refractivity contribution is 0.0742. The molecular weight excluding hydrogens is 412 g/mol. The molecule has 0 aliphatic carbocycles.